The van der Waals surface area contributed by atoms with Gasteiger partial charge < -0.3 is 4.90 Å². The molecule has 0 fully saturated rings. The average molecular weight is 173 g/mol. The van der Waals surface area contributed by atoms with Crippen LogP contribution in [0.25, 0.3) is 0 Å². The van der Waals surface area contributed by atoms with E-state index in [-0.39, 0.29) is 11.8 Å². The Morgan fingerprint density at radius 2 is 2.25 bits per heavy atom. The van der Waals surface area contributed by atoms with Gasteiger partial charge in [-0.2, -0.15) is 0 Å². The summed E-state index contributed by atoms with van der Waals surface area (Å²) in [6.45, 7) is 5.76. The molecule has 0 aromatic rings. The van der Waals surface area contributed by atoms with Crippen molar-refractivity contribution in [1.82, 2.24) is 10.3 Å². The SMILES string of the molecule is CCCN(C)CC(C)C(=O)NN. The zero-order valence-electron chi connectivity index (χ0n) is 8.13. The first-order valence-corrected chi connectivity index (χ1v) is 4.30. The highest BCUT2D eigenvalue weighted by atomic mass is 16.2. The van der Waals surface area contributed by atoms with Gasteiger partial charge in [-0.25, -0.2) is 5.84 Å². The number of hydrogen-bond donors (Lipinski definition) is 2. The first-order valence-electron chi connectivity index (χ1n) is 4.30. The molecular formula is C8H19N3O. The molecule has 1 unspecified atom stereocenters. The Hall–Kier alpha value is -0.610. The molecule has 0 aliphatic rings. The summed E-state index contributed by atoms with van der Waals surface area (Å²) in [6.07, 6.45) is 1.10. The van der Waals surface area contributed by atoms with Crippen molar-refractivity contribution in [2.75, 3.05) is 20.1 Å². The molecule has 0 aliphatic heterocycles. The van der Waals surface area contributed by atoms with E-state index in [9.17, 15) is 4.79 Å². The summed E-state index contributed by atoms with van der Waals surface area (Å²) in [5.74, 6) is 4.87. The van der Waals surface area contributed by atoms with Crippen molar-refractivity contribution in [3.8, 4) is 0 Å². The third kappa shape index (κ3) is 4.31. The van der Waals surface area contributed by atoms with Gasteiger partial charge in [0.05, 0.1) is 0 Å². The molecule has 0 rings (SSSR count). The molecule has 0 bridgehead atoms. The summed E-state index contributed by atoms with van der Waals surface area (Å²) < 4.78 is 0. The quantitative estimate of drug-likeness (QED) is 0.348. The van der Waals surface area contributed by atoms with Crippen LogP contribution in [0.5, 0.6) is 0 Å². The molecule has 0 aromatic carbocycles. The summed E-state index contributed by atoms with van der Waals surface area (Å²) in [4.78, 5) is 13.1. The lowest BCUT2D eigenvalue weighted by Gasteiger charge is -2.19. The second-order valence-electron chi connectivity index (χ2n) is 3.17. The number of nitrogens with zero attached hydrogens (tertiary/aromatic N) is 1. The fourth-order valence-corrected chi connectivity index (χ4v) is 1.17. The lowest BCUT2D eigenvalue weighted by Crippen LogP contribution is -2.39. The van der Waals surface area contributed by atoms with Crippen molar-refractivity contribution in [2.24, 2.45) is 11.8 Å². The van der Waals surface area contributed by atoms with Crippen molar-refractivity contribution >= 4 is 5.91 Å². The molecule has 72 valence electrons. The van der Waals surface area contributed by atoms with Crippen LogP contribution in [0.2, 0.25) is 0 Å². The molecule has 0 saturated heterocycles. The number of nitrogens with one attached hydrogen (secondary N) is 1. The largest absolute Gasteiger partial charge is 0.306 e. The molecule has 0 radical (unpaired) electrons. The van der Waals surface area contributed by atoms with E-state index in [0.29, 0.717) is 0 Å². The number of nitrogens with two attached hydrogens (primary N) is 1. The first-order chi connectivity index (χ1) is 5.61. The van der Waals surface area contributed by atoms with Gasteiger partial charge in [-0.3, -0.25) is 10.2 Å². The highest BCUT2D eigenvalue weighted by Gasteiger charge is 2.12. The van der Waals surface area contributed by atoms with E-state index < -0.39 is 0 Å². The van der Waals surface area contributed by atoms with Crippen LogP contribution < -0.4 is 11.3 Å². The molecule has 12 heavy (non-hydrogen) atoms. The molecule has 0 saturated carbocycles. The number of hydrogen-bond acceptors (Lipinski definition) is 3. The Labute approximate surface area is 74.1 Å². The third-order valence-corrected chi connectivity index (χ3v) is 1.78. The molecule has 4 heteroatoms. The van der Waals surface area contributed by atoms with Gasteiger partial charge in [-0.15, -0.1) is 0 Å². The van der Waals surface area contributed by atoms with Gasteiger partial charge in [0.15, 0.2) is 0 Å². The van der Waals surface area contributed by atoms with Crippen LogP contribution in [0, 0.1) is 5.92 Å². The smallest absolute Gasteiger partial charge is 0.237 e. The summed E-state index contributed by atoms with van der Waals surface area (Å²) in [5.41, 5.74) is 2.15. The van der Waals surface area contributed by atoms with Crippen molar-refractivity contribution in [3.63, 3.8) is 0 Å². The maximum Gasteiger partial charge on any atom is 0.237 e. The standard InChI is InChI=1S/C8H19N3O/c1-4-5-11(3)6-7(2)8(12)10-9/h7H,4-6,9H2,1-3H3,(H,10,12). The van der Waals surface area contributed by atoms with Crippen molar-refractivity contribution in [1.29, 1.82) is 0 Å². The molecule has 0 aliphatic carbocycles. The summed E-state index contributed by atoms with van der Waals surface area (Å²) in [7, 11) is 2.00. The maximum absolute atomic E-state index is 11.0. The summed E-state index contributed by atoms with van der Waals surface area (Å²) in [6, 6.07) is 0. The van der Waals surface area contributed by atoms with Crippen LogP contribution >= 0.6 is 0 Å². The fraction of sp³-hybridized carbons (Fsp3) is 0.875. The van der Waals surface area contributed by atoms with Crippen LogP contribution in [0.15, 0.2) is 0 Å². The molecule has 1 atom stereocenters. The lowest BCUT2D eigenvalue weighted by atomic mass is 10.1. The molecule has 0 spiro atoms. The molecule has 3 N–H and O–H groups in total. The summed E-state index contributed by atoms with van der Waals surface area (Å²) in [5, 5.41) is 0. The van der Waals surface area contributed by atoms with Crippen LogP contribution in [0.1, 0.15) is 20.3 Å². The Morgan fingerprint density at radius 1 is 1.67 bits per heavy atom. The van der Waals surface area contributed by atoms with E-state index in [1.807, 2.05) is 14.0 Å². The van der Waals surface area contributed by atoms with Crippen molar-refractivity contribution < 1.29 is 4.79 Å². The van der Waals surface area contributed by atoms with E-state index in [0.717, 1.165) is 19.5 Å². The molecule has 0 aromatic heterocycles. The highest BCUT2D eigenvalue weighted by molar-refractivity contribution is 5.77. The van der Waals surface area contributed by atoms with Crippen LogP contribution in [0.3, 0.4) is 0 Å². The fourth-order valence-electron chi connectivity index (χ4n) is 1.17. The monoisotopic (exact) mass is 173 g/mol. The predicted octanol–water partition coefficient (Wildman–Crippen LogP) is -0.0458. The minimum atomic E-state index is -0.0991. The number of carbonyl (C=O) groups excluding carboxylic acids is 1. The second-order valence-corrected chi connectivity index (χ2v) is 3.17. The van der Waals surface area contributed by atoms with Gasteiger partial charge in [0, 0.05) is 12.5 Å². The number of carbonyl (C=O) groups is 1. The van der Waals surface area contributed by atoms with Gasteiger partial charge in [0.25, 0.3) is 0 Å². The second kappa shape index (κ2) is 5.97. The van der Waals surface area contributed by atoms with E-state index in [1.165, 1.54) is 0 Å². The normalized spacial score (nSPS) is 13.1. The Morgan fingerprint density at radius 3 is 2.67 bits per heavy atom. The van der Waals surface area contributed by atoms with Crippen LogP contribution in [-0.2, 0) is 4.79 Å². The molecule has 1 amide bonds. The van der Waals surface area contributed by atoms with Gasteiger partial charge in [0.1, 0.15) is 0 Å². The van der Waals surface area contributed by atoms with E-state index in [4.69, 9.17) is 5.84 Å². The minimum Gasteiger partial charge on any atom is -0.306 e. The average Bonchev–Trinajstić information content (AvgIpc) is 2.03. The van der Waals surface area contributed by atoms with Gasteiger partial charge in [-0.1, -0.05) is 13.8 Å². The summed E-state index contributed by atoms with van der Waals surface area (Å²) >= 11 is 0. The van der Waals surface area contributed by atoms with Crippen molar-refractivity contribution in [2.45, 2.75) is 20.3 Å². The van der Waals surface area contributed by atoms with Crippen LogP contribution in [0.4, 0.5) is 0 Å². The van der Waals surface area contributed by atoms with E-state index in [1.54, 1.807) is 0 Å². The zero-order chi connectivity index (χ0) is 9.56. The third-order valence-electron chi connectivity index (χ3n) is 1.78. The zero-order valence-corrected chi connectivity index (χ0v) is 8.13. The topological polar surface area (TPSA) is 58.4 Å². The van der Waals surface area contributed by atoms with Gasteiger partial charge >= 0.3 is 0 Å². The number of hydrazine groups is 1. The number of amides is 1. The molecular weight excluding hydrogens is 154 g/mol. The maximum atomic E-state index is 11.0. The van der Waals surface area contributed by atoms with E-state index in [2.05, 4.69) is 17.2 Å². The molecule has 0 heterocycles. The lowest BCUT2D eigenvalue weighted by molar-refractivity contribution is -0.125. The predicted molar refractivity (Wildman–Crippen MR) is 49.3 cm³/mol. The Balaban J connectivity index is 3.67. The van der Waals surface area contributed by atoms with Gasteiger partial charge in [0.2, 0.25) is 5.91 Å². The Bertz CT molecular complexity index is 138. The first kappa shape index (κ1) is 11.4. The van der Waals surface area contributed by atoms with Gasteiger partial charge in [-0.05, 0) is 20.0 Å². The van der Waals surface area contributed by atoms with Crippen LogP contribution in [-0.4, -0.2) is 30.9 Å². The highest BCUT2D eigenvalue weighted by Crippen LogP contribution is 1.97. The number of rotatable bonds is 5. The van der Waals surface area contributed by atoms with Crippen molar-refractivity contribution in [3.05, 3.63) is 0 Å². The Kier molecular flexibility index (Phi) is 5.66. The molecule has 4 nitrogen and oxygen atoms in total. The minimum absolute atomic E-state index is 0.0356. The van der Waals surface area contributed by atoms with E-state index >= 15 is 0 Å².